The van der Waals surface area contributed by atoms with Gasteiger partial charge in [-0.2, -0.15) is 0 Å². The van der Waals surface area contributed by atoms with Gasteiger partial charge in [-0.25, -0.2) is 9.59 Å². The molecule has 1 N–H and O–H groups in total. The first-order valence-electron chi connectivity index (χ1n) is 11.4. The fourth-order valence-corrected chi connectivity index (χ4v) is 4.50. The van der Waals surface area contributed by atoms with Gasteiger partial charge in [0.15, 0.2) is 0 Å². The summed E-state index contributed by atoms with van der Waals surface area (Å²) in [5.41, 5.74) is 1.43. The van der Waals surface area contributed by atoms with Crippen molar-refractivity contribution in [1.29, 1.82) is 0 Å². The lowest BCUT2D eigenvalue weighted by Gasteiger charge is -2.13. The number of benzene rings is 3. The summed E-state index contributed by atoms with van der Waals surface area (Å²) < 4.78 is 16.1. The largest absolute Gasteiger partial charge is 0.488 e. The van der Waals surface area contributed by atoms with Gasteiger partial charge in [0.25, 0.3) is 5.91 Å². The topological polar surface area (TPSA) is 98.1 Å². The molecule has 0 saturated carbocycles. The van der Waals surface area contributed by atoms with Crippen LogP contribution >= 0.6 is 23.2 Å². The number of hydrogen-bond donors (Lipinski definition) is 1. The van der Waals surface area contributed by atoms with Crippen LogP contribution in [0.2, 0.25) is 10.0 Å². The number of fused-ring (bicyclic) bond motifs is 1. The average Bonchev–Trinajstić information content (AvgIpc) is 3.49. The van der Waals surface area contributed by atoms with Crippen LogP contribution in [0, 0.1) is 0 Å². The number of carbonyl (C=O) groups is 3. The minimum Gasteiger partial charge on any atom is -0.488 e. The molecule has 3 amide bonds. The molecule has 8 nitrogen and oxygen atoms in total. The number of esters is 1. The lowest BCUT2D eigenvalue weighted by Crippen LogP contribution is -2.30. The number of carbonyl (C=O) groups excluding carboxylic acids is 3. The molecule has 1 aliphatic rings. The highest BCUT2D eigenvalue weighted by atomic mass is 35.5. The highest BCUT2D eigenvalue weighted by molar-refractivity contribution is 6.35. The third-order valence-electron chi connectivity index (χ3n) is 5.94. The fourth-order valence-electron chi connectivity index (χ4n) is 4.03. The van der Waals surface area contributed by atoms with Crippen LogP contribution in [0.1, 0.15) is 27.4 Å². The molecule has 0 atom stereocenters. The maximum atomic E-state index is 13.2. The van der Waals surface area contributed by atoms with E-state index in [9.17, 15) is 14.4 Å². The lowest BCUT2D eigenvalue weighted by atomic mass is 10.0. The Kier molecular flexibility index (Phi) is 7.09. The molecule has 10 heteroatoms. The molecule has 192 valence electrons. The van der Waals surface area contributed by atoms with Gasteiger partial charge in [-0.15, -0.1) is 0 Å². The molecule has 1 saturated heterocycles. The normalized spacial score (nSPS) is 14.3. The van der Waals surface area contributed by atoms with Crippen LogP contribution in [0.5, 0.6) is 5.75 Å². The molecule has 1 fully saturated rings. The Morgan fingerprint density at radius 1 is 1.05 bits per heavy atom. The van der Waals surface area contributed by atoms with Crippen molar-refractivity contribution in [3.05, 3.63) is 105 Å². The highest BCUT2D eigenvalue weighted by Gasteiger charge is 2.34. The Hall–Kier alpha value is -4.27. The van der Waals surface area contributed by atoms with Crippen molar-refractivity contribution >= 4 is 58.0 Å². The quantitative estimate of drug-likeness (QED) is 0.167. The molecule has 0 aliphatic carbocycles. The zero-order valence-electron chi connectivity index (χ0n) is 20.0. The van der Waals surface area contributed by atoms with E-state index in [0.717, 1.165) is 21.2 Å². The molecule has 0 bridgehead atoms. The monoisotopic (exact) mass is 550 g/mol. The molecule has 38 heavy (non-hydrogen) atoms. The zero-order chi connectivity index (χ0) is 26.8. The van der Waals surface area contributed by atoms with E-state index in [1.807, 2.05) is 30.3 Å². The zero-order valence-corrected chi connectivity index (χ0v) is 21.5. The molecule has 0 unspecified atom stereocenters. The van der Waals surface area contributed by atoms with Crippen molar-refractivity contribution in [1.82, 2.24) is 10.2 Å². The van der Waals surface area contributed by atoms with Crippen molar-refractivity contribution in [2.75, 3.05) is 7.11 Å². The van der Waals surface area contributed by atoms with E-state index in [1.54, 1.807) is 30.3 Å². The van der Waals surface area contributed by atoms with Crippen LogP contribution < -0.4 is 10.1 Å². The minimum absolute atomic E-state index is 0.0244. The molecular formula is C28H20Cl2N2O6. The minimum atomic E-state index is -0.655. The molecule has 1 aromatic heterocycles. The summed E-state index contributed by atoms with van der Waals surface area (Å²) in [6.07, 6.45) is 1.59. The number of amides is 3. The Labute approximate surface area is 227 Å². The molecule has 3 aromatic carbocycles. The van der Waals surface area contributed by atoms with Crippen LogP contribution in [0.25, 0.3) is 16.8 Å². The summed E-state index contributed by atoms with van der Waals surface area (Å²) in [6.45, 7) is 0.00489. The number of imide groups is 1. The van der Waals surface area contributed by atoms with Gasteiger partial charge in [-0.3, -0.25) is 9.69 Å². The number of rotatable bonds is 7. The van der Waals surface area contributed by atoms with E-state index in [0.29, 0.717) is 21.4 Å². The first-order chi connectivity index (χ1) is 18.3. The first-order valence-corrected chi connectivity index (χ1v) is 12.2. The molecule has 0 radical (unpaired) electrons. The Bertz CT molecular complexity index is 1610. The maximum absolute atomic E-state index is 13.2. The van der Waals surface area contributed by atoms with Crippen LogP contribution in [-0.2, 0) is 22.7 Å². The predicted molar refractivity (Wildman–Crippen MR) is 142 cm³/mol. The van der Waals surface area contributed by atoms with Gasteiger partial charge in [-0.1, -0.05) is 59.6 Å². The SMILES string of the molecule is COC(=O)c1ccc(CN2C(=O)N/C(=C\c3c(OCc4ccc(Cl)cc4Cl)ccc4ccccc34)C2=O)o1. The summed E-state index contributed by atoms with van der Waals surface area (Å²) in [6, 6.07) is 18.8. The Morgan fingerprint density at radius 3 is 2.66 bits per heavy atom. The van der Waals surface area contributed by atoms with Crippen LogP contribution in [0.3, 0.4) is 0 Å². The van der Waals surface area contributed by atoms with E-state index in [1.165, 1.54) is 19.2 Å². The van der Waals surface area contributed by atoms with Gasteiger partial charge in [0.2, 0.25) is 5.76 Å². The number of hydrogen-bond acceptors (Lipinski definition) is 6. The molecule has 0 spiro atoms. The molecule has 4 aromatic rings. The summed E-state index contributed by atoms with van der Waals surface area (Å²) >= 11 is 12.3. The van der Waals surface area contributed by atoms with Crippen LogP contribution in [-0.4, -0.2) is 29.9 Å². The van der Waals surface area contributed by atoms with Gasteiger partial charge < -0.3 is 19.2 Å². The second-order valence-corrected chi connectivity index (χ2v) is 9.20. The van der Waals surface area contributed by atoms with Crippen molar-refractivity contribution < 1.29 is 28.3 Å². The lowest BCUT2D eigenvalue weighted by molar-refractivity contribution is -0.123. The van der Waals surface area contributed by atoms with Crippen molar-refractivity contribution in [3.8, 4) is 5.75 Å². The number of nitrogens with zero attached hydrogens (tertiary/aromatic N) is 1. The number of furan rings is 1. The smallest absolute Gasteiger partial charge is 0.373 e. The summed E-state index contributed by atoms with van der Waals surface area (Å²) in [4.78, 5) is 38.5. The van der Waals surface area contributed by atoms with Crippen molar-refractivity contribution in [2.24, 2.45) is 0 Å². The van der Waals surface area contributed by atoms with E-state index in [-0.39, 0.29) is 30.4 Å². The first kappa shape index (κ1) is 25.4. The summed E-state index contributed by atoms with van der Waals surface area (Å²) in [7, 11) is 1.23. The Balaban J connectivity index is 1.45. The molecular weight excluding hydrogens is 531 g/mol. The average molecular weight is 551 g/mol. The third kappa shape index (κ3) is 5.09. The van der Waals surface area contributed by atoms with Gasteiger partial charge in [-0.05, 0) is 47.2 Å². The van der Waals surface area contributed by atoms with Gasteiger partial charge in [0, 0.05) is 21.2 Å². The van der Waals surface area contributed by atoms with Crippen molar-refractivity contribution in [3.63, 3.8) is 0 Å². The van der Waals surface area contributed by atoms with Crippen LogP contribution in [0.15, 0.2) is 76.8 Å². The van der Waals surface area contributed by atoms with Gasteiger partial charge in [0.1, 0.15) is 23.8 Å². The number of methoxy groups -OCH3 is 1. The van der Waals surface area contributed by atoms with E-state index in [2.05, 4.69) is 10.1 Å². The molecule has 2 heterocycles. The summed E-state index contributed by atoms with van der Waals surface area (Å²) in [5.74, 6) is -0.479. The number of ether oxygens (including phenoxy) is 2. The van der Waals surface area contributed by atoms with Gasteiger partial charge >= 0.3 is 12.0 Å². The second kappa shape index (κ2) is 10.6. The van der Waals surface area contributed by atoms with E-state index < -0.39 is 17.9 Å². The summed E-state index contributed by atoms with van der Waals surface area (Å²) in [5, 5.41) is 5.36. The van der Waals surface area contributed by atoms with Gasteiger partial charge in [0.05, 0.1) is 13.7 Å². The number of halogens is 2. The molecule has 1 aliphatic heterocycles. The predicted octanol–water partition coefficient (Wildman–Crippen LogP) is 6.20. The van der Waals surface area contributed by atoms with Crippen molar-refractivity contribution in [2.45, 2.75) is 13.2 Å². The van der Waals surface area contributed by atoms with E-state index >= 15 is 0 Å². The number of urea groups is 1. The second-order valence-electron chi connectivity index (χ2n) is 8.36. The number of nitrogens with one attached hydrogen (secondary N) is 1. The molecule has 5 rings (SSSR count). The maximum Gasteiger partial charge on any atom is 0.373 e. The highest BCUT2D eigenvalue weighted by Crippen LogP contribution is 2.32. The third-order valence-corrected chi connectivity index (χ3v) is 6.53. The standard InChI is InChI=1S/C28H20Cl2N2O6/c1-36-27(34)25-11-9-19(38-25)14-32-26(33)23(31-28(32)35)13-21-20-5-3-2-4-16(20)7-10-24(21)37-15-17-6-8-18(29)12-22(17)30/h2-13H,14-15H2,1H3,(H,31,35)/b23-13-. The van der Waals surface area contributed by atoms with Crippen LogP contribution in [0.4, 0.5) is 4.79 Å². The Morgan fingerprint density at radius 2 is 1.87 bits per heavy atom. The fraction of sp³-hybridized carbons (Fsp3) is 0.107. The van der Waals surface area contributed by atoms with E-state index in [4.69, 9.17) is 32.4 Å².